The van der Waals surface area contributed by atoms with E-state index in [9.17, 15) is 14.4 Å². The van der Waals surface area contributed by atoms with E-state index in [0.29, 0.717) is 33.4 Å². The van der Waals surface area contributed by atoms with Gasteiger partial charge in [-0.2, -0.15) is 0 Å². The first-order chi connectivity index (χ1) is 17.5. The summed E-state index contributed by atoms with van der Waals surface area (Å²) in [6.07, 6.45) is 3.68. The summed E-state index contributed by atoms with van der Waals surface area (Å²) in [7, 11) is 3.14. The molecule has 3 heterocycles. The number of amides is 3. The van der Waals surface area contributed by atoms with Crippen LogP contribution in [0.1, 0.15) is 28.8 Å². The summed E-state index contributed by atoms with van der Waals surface area (Å²) in [6.45, 7) is 0.211. The van der Waals surface area contributed by atoms with Gasteiger partial charge in [-0.1, -0.05) is 23.5 Å². The number of imide groups is 1. The standard InChI is InChI=1S/C26H22N4O5S/c1-34-19-8-9-20(35-2)24-23(19)28-26(36-24)29(15-16-5-4-12-27-14-16)25(33)17-6-3-7-18(13-17)30-21(31)10-11-22(30)32/h3-9,12-14H,10-11,15H2,1-2H3. The number of aromatic nitrogens is 2. The van der Waals surface area contributed by atoms with Gasteiger partial charge in [0, 0.05) is 30.8 Å². The zero-order valence-electron chi connectivity index (χ0n) is 19.6. The van der Waals surface area contributed by atoms with Gasteiger partial charge in [-0.25, -0.2) is 4.98 Å². The Hall–Kier alpha value is -4.31. The maximum absolute atomic E-state index is 13.9. The number of nitrogens with zero attached hydrogens (tertiary/aromatic N) is 4. The minimum Gasteiger partial charge on any atom is -0.495 e. The Kier molecular flexibility index (Phi) is 6.34. The van der Waals surface area contributed by atoms with Gasteiger partial charge in [0.25, 0.3) is 5.91 Å². The van der Waals surface area contributed by atoms with Gasteiger partial charge >= 0.3 is 0 Å². The van der Waals surface area contributed by atoms with Crippen molar-refractivity contribution >= 4 is 50.1 Å². The Morgan fingerprint density at radius 1 is 1.03 bits per heavy atom. The molecule has 10 heteroatoms. The molecule has 2 aromatic carbocycles. The molecule has 0 bridgehead atoms. The molecule has 0 saturated carbocycles. The first-order valence-corrected chi connectivity index (χ1v) is 12.0. The lowest BCUT2D eigenvalue weighted by Crippen LogP contribution is -2.31. The lowest BCUT2D eigenvalue weighted by Gasteiger charge is -2.21. The summed E-state index contributed by atoms with van der Waals surface area (Å²) >= 11 is 1.31. The molecule has 182 valence electrons. The highest BCUT2D eigenvalue weighted by molar-refractivity contribution is 7.22. The molecule has 0 unspecified atom stereocenters. The van der Waals surface area contributed by atoms with Crippen LogP contribution in [0.15, 0.2) is 60.9 Å². The molecule has 0 N–H and O–H groups in total. The highest BCUT2D eigenvalue weighted by atomic mass is 32.1. The molecule has 0 atom stereocenters. The van der Waals surface area contributed by atoms with E-state index < -0.39 is 0 Å². The highest BCUT2D eigenvalue weighted by Gasteiger charge is 2.31. The van der Waals surface area contributed by atoms with Crippen LogP contribution in [0.4, 0.5) is 10.8 Å². The van der Waals surface area contributed by atoms with E-state index in [1.165, 1.54) is 11.3 Å². The van der Waals surface area contributed by atoms with Crippen molar-refractivity contribution in [3.8, 4) is 11.5 Å². The molecule has 1 aliphatic rings. The van der Waals surface area contributed by atoms with E-state index in [1.54, 1.807) is 74.0 Å². The summed E-state index contributed by atoms with van der Waals surface area (Å²) in [5.41, 5.74) is 2.09. The minimum absolute atomic E-state index is 0.166. The molecule has 1 saturated heterocycles. The molecule has 0 aliphatic carbocycles. The van der Waals surface area contributed by atoms with Gasteiger partial charge in [-0.15, -0.1) is 0 Å². The molecular formula is C26H22N4O5S. The molecule has 0 spiro atoms. The van der Waals surface area contributed by atoms with Crippen LogP contribution in [0.25, 0.3) is 10.2 Å². The maximum atomic E-state index is 13.9. The number of hydrogen-bond acceptors (Lipinski definition) is 8. The third-order valence-electron chi connectivity index (χ3n) is 5.84. The highest BCUT2D eigenvalue weighted by Crippen LogP contribution is 2.41. The maximum Gasteiger partial charge on any atom is 0.260 e. The van der Waals surface area contributed by atoms with Crippen molar-refractivity contribution in [3.63, 3.8) is 0 Å². The third kappa shape index (κ3) is 4.27. The number of fused-ring (bicyclic) bond motifs is 1. The van der Waals surface area contributed by atoms with Crippen LogP contribution in [0.2, 0.25) is 0 Å². The van der Waals surface area contributed by atoms with Crippen LogP contribution in [0.5, 0.6) is 11.5 Å². The van der Waals surface area contributed by atoms with E-state index in [1.807, 2.05) is 6.07 Å². The number of methoxy groups -OCH3 is 2. The minimum atomic E-state index is -0.336. The second kappa shape index (κ2) is 9.74. The summed E-state index contributed by atoms with van der Waals surface area (Å²) in [5.74, 6) is 0.299. The number of thiazole rings is 1. The van der Waals surface area contributed by atoms with Crippen molar-refractivity contribution in [2.45, 2.75) is 19.4 Å². The van der Waals surface area contributed by atoms with Gasteiger partial charge < -0.3 is 9.47 Å². The second-order valence-corrected chi connectivity index (χ2v) is 9.05. The smallest absolute Gasteiger partial charge is 0.260 e. The fourth-order valence-electron chi connectivity index (χ4n) is 4.09. The molecule has 36 heavy (non-hydrogen) atoms. The number of ether oxygens (including phenoxy) is 2. The first-order valence-electron chi connectivity index (χ1n) is 11.2. The van der Waals surface area contributed by atoms with Crippen LogP contribution in [-0.2, 0) is 16.1 Å². The molecule has 5 rings (SSSR count). The van der Waals surface area contributed by atoms with Gasteiger partial charge in [0.05, 0.1) is 26.5 Å². The number of rotatable bonds is 7. The Morgan fingerprint density at radius 3 is 2.47 bits per heavy atom. The Bertz CT molecular complexity index is 1410. The number of pyridine rings is 1. The SMILES string of the molecule is COc1ccc(OC)c2sc(N(Cc3cccnc3)C(=O)c3cccc(N4C(=O)CCC4=O)c3)nc12. The number of carbonyl (C=O) groups is 3. The van der Waals surface area contributed by atoms with Gasteiger partial charge in [0.15, 0.2) is 5.13 Å². The van der Waals surface area contributed by atoms with Gasteiger partial charge in [-0.3, -0.25) is 29.2 Å². The molecule has 1 aliphatic heterocycles. The zero-order valence-corrected chi connectivity index (χ0v) is 20.4. The van der Waals surface area contributed by atoms with E-state index >= 15 is 0 Å². The Morgan fingerprint density at radius 2 is 1.78 bits per heavy atom. The quantitative estimate of drug-likeness (QED) is 0.349. The number of hydrogen-bond donors (Lipinski definition) is 0. The fourth-order valence-corrected chi connectivity index (χ4v) is 5.16. The summed E-state index contributed by atoms with van der Waals surface area (Å²) < 4.78 is 11.7. The van der Waals surface area contributed by atoms with Gasteiger partial charge in [0.2, 0.25) is 11.8 Å². The second-order valence-electron chi connectivity index (χ2n) is 8.07. The van der Waals surface area contributed by atoms with Crippen molar-refractivity contribution < 1.29 is 23.9 Å². The molecule has 9 nitrogen and oxygen atoms in total. The average molecular weight is 503 g/mol. The summed E-state index contributed by atoms with van der Waals surface area (Å²) in [6, 6.07) is 13.8. The van der Waals surface area contributed by atoms with E-state index in [0.717, 1.165) is 15.2 Å². The van der Waals surface area contributed by atoms with Crippen LogP contribution >= 0.6 is 11.3 Å². The van der Waals surface area contributed by atoms with Crippen molar-refractivity contribution in [1.82, 2.24) is 9.97 Å². The van der Waals surface area contributed by atoms with Crippen LogP contribution in [-0.4, -0.2) is 41.9 Å². The van der Waals surface area contributed by atoms with Crippen LogP contribution < -0.4 is 19.3 Å². The number of benzene rings is 2. The predicted octanol–water partition coefficient (Wildman–Crippen LogP) is 4.21. The topological polar surface area (TPSA) is 102 Å². The first kappa shape index (κ1) is 23.4. The Balaban J connectivity index is 1.59. The van der Waals surface area contributed by atoms with Crippen molar-refractivity contribution in [3.05, 3.63) is 72.1 Å². The molecule has 2 aromatic heterocycles. The summed E-state index contributed by atoms with van der Waals surface area (Å²) in [4.78, 5) is 50.0. The molecular weight excluding hydrogens is 480 g/mol. The van der Waals surface area contributed by atoms with E-state index in [2.05, 4.69) is 4.98 Å². The average Bonchev–Trinajstić information content (AvgIpc) is 3.50. The monoisotopic (exact) mass is 502 g/mol. The van der Waals surface area contributed by atoms with Crippen molar-refractivity contribution in [2.24, 2.45) is 0 Å². The van der Waals surface area contributed by atoms with Crippen molar-refractivity contribution in [2.75, 3.05) is 24.0 Å². The molecule has 0 radical (unpaired) electrons. The molecule has 3 amide bonds. The predicted molar refractivity (Wildman–Crippen MR) is 136 cm³/mol. The van der Waals surface area contributed by atoms with Gasteiger partial charge in [-0.05, 0) is 42.0 Å². The van der Waals surface area contributed by atoms with Crippen LogP contribution in [0, 0.1) is 0 Å². The van der Waals surface area contributed by atoms with E-state index in [-0.39, 0.29) is 37.1 Å². The Labute approximate surface area is 210 Å². The molecule has 1 fully saturated rings. The van der Waals surface area contributed by atoms with Crippen molar-refractivity contribution in [1.29, 1.82) is 0 Å². The molecule has 4 aromatic rings. The summed E-state index contributed by atoms with van der Waals surface area (Å²) in [5, 5.41) is 0.445. The number of carbonyl (C=O) groups excluding carboxylic acids is 3. The lowest BCUT2D eigenvalue weighted by atomic mass is 10.1. The third-order valence-corrected chi connectivity index (χ3v) is 6.93. The largest absolute Gasteiger partial charge is 0.495 e. The van der Waals surface area contributed by atoms with Gasteiger partial charge in [0.1, 0.15) is 21.7 Å². The fraction of sp³-hybridized carbons (Fsp3) is 0.192. The normalized spacial score (nSPS) is 13.3. The zero-order chi connectivity index (χ0) is 25.2. The van der Waals surface area contributed by atoms with Crippen LogP contribution in [0.3, 0.4) is 0 Å². The van der Waals surface area contributed by atoms with E-state index in [4.69, 9.17) is 14.5 Å². The lowest BCUT2D eigenvalue weighted by molar-refractivity contribution is -0.121. The number of anilines is 2.